The van der Waals surface area contributed by atoms with E-state index in [1.165, 1.54) is 19.4 Å². The Bertz CT molecular complexity index is 430. The maximum absolute atomic E-state index is 13.2. The highest BCUT2D eigenvalue weighted by molar-refractivity contribution is 5.48. The lowest BCUT2D eigenvalue weighted by molar-refractivity contribution is 0.384. The summed E-state index contributed by atoms with van der Waals surface area (Å²) in [5.74, 6) is -0.189. The van der Waals surface area contributed by atoms with Gasteiger partial charge >= 0.3 is 0 Å². The zero-order valence-corrected chi connectivity index (χ0v) is 7.27. The molecule has 0 N–H and O–H groups in total. The van der Waals surface area contributed by atoms with Crippen molar-refractivity contribution in [3.8, 4) is 17.3 Å². The van der Waals surface area contributed by atoms with Gasteiger partial charge in [-0.15, -0.1) is 0 Å². The molecule has 0 aliphatic carbocycles. The number of hydrogen-bond acceptors (Lipinski definition) is 5. The number of ether oxygens (including phenoxy) is 1. The molecule has 2 aromatic rings. The van der Waals surface area contributed by atoms with E-state index in [1.807, 2.05) is 0 Å². The minimum absolute atomic E-state index is 0.0808. The maximum Gasteiger partial charge on any atom is 0.220 e. The molecule has 72 valence electrons. The van der Waals surface area contributed by atoms with Crippen molar-refractivity contribution in [1.82, 2.24) is 15.1 Å². The third-order valence-electron chi connectivity index (χ3n) is 1.63. The SMILES string of the molecule is COc1cnc(-c2ncon2)cc1F. The van der Waals surface area contributed by atoms with E-state index in [4.69, 9.17) is 4.74 Å². The third-order valence-corrected chi connectivity index (χ3v) is 1.63. The molecule has 0 unspecified atom stereocenters. The van der Waals surface area contributed by atoms with Crippen LogP contribution >= 0.6 is 0 Å². The van der Waals surface area contributed by atoms with Gasteiger partial charge in [0, 0.05) is 6.07 Å². The van der Waals surface area contributed by atoms with Gasteiger partial charge in [0.25, 0.3) is 0 Å². The summed E-state index contributed by atoms with van der Waals surface area (Å²) < 4.78 is 22.4. The first-order valence-electron chi connectivity index (χ1n) is 3.77. The Morgan fingerprint density at radius 1 is 1.43 bits per heavy atom. The van der Waals surface area contributed by atoms with E-state index >= 15 is 0 Å². The predicted molar refractivity (Wildman–Crippen MR) is 44.0 cm³/mol. The minimum Gasteiger partial charge on any atom is -0.492 e. The zero-order chi connectivity index (χ0) is 9.97. The average Bonchev–Trinajstić information content (AvgIpc) is 2.70. The van der Waals surface area contributed by atoms with Crippen LogP contribution < -0.4 is 4.74 Å². The van der Waals surface area contributed by atoms with Crippen molar-refractivity contribution in [2.75, 3.05) is 7.11 Å². The minimum atomic E-state index is -0.512. The van der Waals surface area contributed by atoms with E-state index in [1.54, 1.807) is 0 Å². The average molecular weight is 195 g/mol. The van der Waals surface area contributed by atoms with Crippen LogP contribution in [-0.2, 0) is 0 Å². The molecule has 0 amide bonds. The largest absolute Gasteiger partial charge is 0.492 e. The lowest BCUT2D eigenvalue weighted by Crippen LogP contribution is -1.92. The molecule has 2 rings (SSSR count). The van der Waals surface area contributed by atoms with Crippen LogP contribution in [0.4, 0.5) is 4.39 Å². The van der Waals surface area contributed by atoms with Gasteiger partial charge in [-0.05, 0) is 0 Å². The Balaban J connectivity index is 2.43. The van der Waals surface area contributed by atoms with E-state index in [9.17, 15) is 4.39 Å². The first-order chi connectivity index (χ1) is 6.81. The molecule has 0 atom stereocenters. The summed E-state index contributed by atoms with van der Waals surface area (Å²) in [5, 5.41) is 3.53. The van der Waals surface area contributed by atoms with Gasteiger partial charge in [0.1, 0.15) is 5.69 Å². The summed E-state index contributed by atoms with van der Waals surface area (Å²) in [6, 6.07) is 1.18. The van der Waals surface area contributed by atoms with Crippen LogP contribution in [0.15, 0.2) is 23.2 Å². The summed E-state index contributed by atoms with van der Waals surface area (Å²) in [5.41, 5.74) is 0.303. The quantitative estimate of drug-likeness (QED) is 0.722. The standard InChI is InChI=1S/C8H6FN3O2/c1-13-7-3-10-6(2-5(7)9)8-11-4-14-12-8/h2-4H,1H3. The Hall–Kier alpha value is -1.98. The molecule has 0 bridgehead atoms. The Kier molecular flexibility index (Phi) is 2.10. The van der Waals surface area contributed by atoms with Crippen LogP contribution in [0.2, 0.25) is 0 Å². The Morgan fingerprint density at radius 3 is 2.86 bits per heavy atom. The Morgan fingerprint density at radius 2 is 2.29 bits per heavy atom. The summed E-state index contributed by atoms with van der Waals surface area (Å²) in [6.45, 7) is 0. The lowest BCUT2D eigenvalue weighted by Gasteiger charge is -2.00. The smallest absolute Gasteiger partial charge is 0.220 e. The number of pyridine rings is 1. The second-order valence-electron chi connectivity index (χ2n) is 2.46. The van der Waals surface area contributed by atoms with Crippen LogP contribution in [0.1, 0.15) is 0 Å². The molecule has 0 radical (unpaired) electrons. The van der Waals surface area contributed by atoms with Crippen molar-refractivity contribution in [3.05, 3.63) is 24.5 Å². The fraction of sp³-hybridized carbons (Fsp3) is 0.125. The van der Waals surface area contributed by atoms with E-state index in [0.717, 1.165) is 6.39 Å². The van der Waals surface area contributed by atoms with Crippen molar-refractivity contribution in [2.45, 2.75) is 0 Å². The molecular formula is C8H6FN3O2. The number of hydrogen-bond donors (Lipinski definition) is 0. The van der Waals surface area contributed by atoms with Gasteiger partial charge in [-0.25, -0.2) is 9.37 Å². The van der Waals surface area contributed by atoms with Crippen LogP contribution in [0.5, 0.6) is 5.75 Å². The maximum atomic E-state index is 13.2. The predicted octanol–water partition coefficient (Wildman–Crippen LogP) is 1.28. The number of rotatable bonds is 2. The van der Waals surface area contributed by atoms with Gasteiger partial charge in [0.2, 0.25) is 12.2 Å². The van der Waals surface area contributed by atoms with Gasteiger partial charge in [0.05, 0.1) is 13.3 Å². The van der Waals surface area contributed by atoms with E-state index in [2.05, 4.69) is 19.6 Å². The van der Waals surface area contributed by atoms with Crippen LogP contribution in [0.3, 0.4) is 0 Å². The van der Waals surface area contributed by atoms with E-state index < -0.39 is 5.82 Å². The van der Waals surface area contributed by atoms with Gasteiger partial charge < -0.3 is 9.26 Å². The second-order valence-corrected chi connectivity index (χ2v) is 2.46. The van der Waals surface area contributed by atoms with Crippen LogP contribution in [0.25, 0.3) is 11.5 Å². The van der Waals surface area contributed by atoms with Crippen molar-refractivity contribution in [1.29, 1.82) is 0 Å². The zero-order valence-electron chi connectivity index (χ0n) is 7.27. The molecule has 14 heavy (non-hydrogen) atoms. The fourth-order valence-electron chi connectivity index (χ4n) is 0.974. The number of halogens is 1. The fourth-order valence-corrected chi connectivity index (χ4v) is 0.974. The van der Waals surface area contributed by atoms with Crippen molar-refractivity contribution in [3.63, 3.8) is 0 Å². The highest BCUT2D eigenvalue weighted by Crippen LogP contribution is 2.19. The monoisotopic (exact) mass is 195 g/mol. The second kappa shape index (κ2) is 3.41. The normalized spacial score (nSPS) is 10.1. The van der Waals surface area contributed by atoms with Crippen molar-refractivity contribution < 1.29 is 13.7 Å². The highest BCUT2D eigenvalue weighted by Gasteiger charge is 2.09. The molecular weight excluding hydrogens is 189 g/mol. The molecule has 2 heterocycles. The van der Waals surface area contributed by atoms with E-state index in [0.29, 0.717) is 5.69 Å². The van der Waals surface area contributed by atoms with Crippen molar-refractivity contribution >= 4 is 0 Å². The van der Waals surface area contributed by atoms with Gasteiger partial charge in [0.15, 0.2) is 11.6 Å². The molecule has 0 aliphatic rings. The number of nitrogens with zero attached hydrogens (tertiary/aromatic N) is 3. The number of methoxy groups -OCH3 is 1. The van der Waals surface area contributed by atoms with Gasteiger partial charge in [-0.3, -0.25) is 0 Å². The first-order valence-corrected chi connectivity index (χ1v) is 3.77. The molecule has 6 heteroatoms. The van der Waals surface area contributed by atoms with Gasteiger partial charge in [-0.2, -0.15) is 4.98 Å². The number of aromatic nitrogens is 3. The highest BCUT2D eigenvalue weighted by atomic mass is 19.1. The molecule has 5 nitrogen and oxygen atoms in total. The van der Waals surface area contributed by atoms with E-state index in [-0.39, 0.29) is 11.6 Å². The molecule has 0 spiro atoms. The van der Waals surface area contributed by atoms with Crippen LogP contribution in [-0.4, -0.2) is 22.2 Å². The third kappa shape index (κ3) is 1.41. The van der Waals surface area contributed by atoms with Gasteiger partial charge in [-0.1, -0.05) is 5.16 Å². The summed E-state index contributed by atoms with van der Waals surface area (Å²) in [6.07, 6.45) is 2.42. The lowest BCUT2D eigenvalue weighted by atomic mass is 10.3. The molecule has 0 aliphatic heterocycles. The molecule has 0 saturated heterocycles. The molecule has 2 aromatic heterocycles. The summed E-state index contributed by atoms with van der Waals surface area (Å²) >= 11 is 0. The van der Waals surface area contributed by atoms with Crippen LogP contribution in [0, 0.1) is 5.82 Å². The summed E-state index contributed by atoms with van der Waals surface area (Å²) in [7, 11) is 1.37. The van der Waals surface area contributed by atoms with Crippen molar-refractivity contribution in [2.24, 2.45) is 0 Å². The first kappa shape index (κ1) is 8.61. The molecule has 0 fully saturated rings. The topological polar surface area (TPSA) is 61.0 Å². The summed E-state index contributed by atoms with van der Waals surface area (Å²) in [4.78, 5) is 7.64. The molecule has 0 saturated carbocycles. The Labute approximate surface area is 78.5 Å². The molecule has 0 aromatic carbocycles.